The zero-order valence-electron chi connectivity index (χ0n) is 17.9. The lowest BCUT2D eigenvalue weighted by molar-refractivity contribution is -0.690. The molecule has 1 aliphatic rings. The lowest BCUT2D eigenvalue weighted by Gasteiger charge is -2.24. The second kappa shape index (κ2) is 7.70. The molecule has 2 N–H and O–H groups in total. The standard InChI is InChI=1S/C24H24N4O3S/c1-16-9-8-14-27-22(16)26-23-19(24(27)29)15-20(32(30,31)18-12-6-3-7-13-18)21(25)28(23)17-10-4-2-5-11-17/h3,6-9,12-15,17,25H,2,4-5,10-11H2,1H3/p+1. The average molecular weight is 450 g/mol. The van der Waals surface area contributed by atoms with Crippen molar-refractivity contribution < 1.29 is 13.0 Å². The molecular formula is C24H25N4O3S+. The van der Waals surface area contributed by atoms with Crippen molar-refractivity contribution in [1.29, 1.82) is 0 Å². The molecule has 0 radical (unpaired) electrons. The van der Waals surface area contributed by atoms with Crippen molar-refractivity contribution in [2.75, 3.05) is 5.73 Å². The fourth-order valence-corrected chi connectivity index (χ4v) is 6.11. The van der Waals surface area contributed by atoms with Crippen LogP contribution in [0.25, 0.3) is 16.7 Å². The quantitative estimate of drug-likeness (QED) is 0.382. The lowest BCUT2D eigenvalue weighted by Crippen LogP contribution is -2.46. The number of nitrogen functional groups attached to an aromatic ring is 1. The van der Waals surface area contributed by atoms with Crippen LogP contribution in [0.1, 0.15) is 43.7 Å². The van der Waals surface area contributed by atoms with Gasteiger partial charge in [0.15, 0.2) is 0 Å². The first-order valence-corrected chi connectivity index (χ1v) is 12.3. The Morgan fingerprint density at radius 3 is 2.50 bits per heavy atom. The molecule has 32 heavy (non-hydrogen) atoms. The van der Waals surface area contributed by atoms with Gasteiger partial charge in [0, 0.05) is 11.8 Å². The Morgan fingerprint density at radius 2 is 1.78 bits per heavy atom. The molecule has 0 amide bonds. The van der Waals surface area contributed by atoms with Crippen LogP contribution in [0.3, 0.4) is 0 Å². The van der Waals surface area contributed by atoms with Crippen molar-refractivity contribution in [2.45, 2.75) is 54.9 Å². The van der Waals surface area contributed by atoms with E-state index in [2.05, 4.69) is 0 Å². The summed E-state index contributed by atoms with van der Waals surface area (Å²) in [7, 11) is -3.92. The van der Waals surface area contributed by atoms with E-state index in [0.717, 1.165) is 37.7 Å². The van der Waals surface area contributed by atoms with Gasteiger partial charge in [0.05, 0.1) is 10.9 Å². The molecule has 3 aromatic heterocycles. The number of rotatable bonds is 3. The number of fused-ring (bicyclic) bond motifs is 2. The fraction of sp³-hybridized carbons (Fsp3) is 0.292. The van der Waals surface area contributed by atoms with Gasteiger partial charge in [-0.2, -0.15) is 0 Å². The van der Waals surface area contributed by atoms with Crippen LogP contribution in [-0.2, 0) is 9.84 Å². The average Bonchev–Trinajstić information content (AvgIpc) is 2.81. The van der Waals surface area contributed by atoms with Gasteiger partial charge >= 0.3 is 0 Å². The molecule has 0 bridgehead atoms. The number of aryl methyl sites for hydroxylation is 1. The van der Waals surface area contributed by atoms with Gasteiger partial charge in [-0.05, 0) is 56.9 Å². The van der Waals surface area contributed by atoms with Gasteiger partial charge < -0.3 is 5.73 Å². The molecule has 1 saturated carbocycles. The van der Waals surface area contributed by atoms with E-state index in [1.807, 2.05) is 13.0 Å². The van der Waals surface area contributed by atoms with E-state index in [1.54, 1.807) is 47.2 Å². The first-order valence-electron chi connectivity index (χ1n) is 10.9. The Kier molecular flexibility index (Phi) is 4.97. The van der Waals surface area contributed by atoms with E-state index in [0.29, 0.717) is 11.3 Å². The predicted molar refractivity (Wildman–Crippen MR) is 122 cm³/mol. The zero-order valence-corrected chi connectivity index (χ0v) is 18.7. The SMILES string of the molecule is Cc1cccn2c(=O)c3cc(S(=O)(=O)c4ccccc4)c(N)[n+](C4CCCCC4)c3nc12. The molecule has 0 saturated heterocycles. The number of hydrogen-bond donors (Lipinski definition) is 1. The van der Waals surface area contributed by atoms with Gasteiger partial charge in [0.25, 0.3) is 11.2 Å². The van der Waals surface area contributed by atoms with Gasteiger partial charge in [0.2, 0.25) is 21.3 Å². The summed E-state index contributed by atoms with van der Waals surface area (Å²) in [5.74, 6) is 0.137. The summed E-state index contributed by atoms with van der Waals surface area (Å²) in [4.78, 5) is 18.4. The van der Waals surface area contributed by atoms with Crippen LogP contribution in [-0.4, -0.2) is 17.8 Å². The van der Waals surface area contributed by atoms with Crippen molar-refractivity contribution in [3.63, 3.8) is 0 Å². The number of hydrogen-bond acceptors (Lipinski definition) is 5. The summed E-state index contributed by atoms with van der Waals surface area (Å²) in [5.41, 5.74) is 8.12. The molecule has 1 aliphatic carbocycles. The summed E-state index contributed by atoms with van der Waals surface area (Å²) < 4.78 is 30.4. The maximum atomic E-state index is 13.5. The molecule has 1 aromatic carbocycles. The molecule has 164 valence electrons. The van der Waals surface area contributed by atoms with Crippen molar-refractivity contribution in [2.24, 2.45) is 0 Å². The Labute approximate surface area is 186 Å². The first-order chi connectivity index (χ1) is 15.4. The minimum atomic E-state index is -3.92. The van der Waals surface area contributed by atoms with Crippen molar-refractivity contribution in [1.82, 2.24) is 9.38 Å². The van der Waals surface area contributed by atoms with Crippen LogP contribution in [0.5, 0.6) is 0 Å². The number of anilines is 1. The number of benzene rings is 1. The molecule has 8 heteroatoms. The highest BCUT2D eigenvalue weighted by Gasteiger charge is 2.33. The summed E-state index contributed by atoms with van der Waals surface area (Å²) in [6.45, 7) is 1.90. The summed E-state index contributed by atoms with van der Waals surface area (Å²) in [6.07, 6.45) is 6.58. The minimum Gasteiger partial charge on any atom is -0.317 e. The van der Waals surface area contributed by atoms with E-state index in [-0.39, 0.29) is 32.6 Å². The van der Waals surface area contributed by atoms with Gasteiger partial charge in [-0.1, -0.05) is 35.7 Å². The van der Waals surface area contributed by atoms with Crippen molar-refractivity contribution in [3.05, 3.63) is 70.6 Å². The highest BCUT2D eigenvalue weighted by Crippen LogP contribution is 2.31. The third-order valence-corrected chi connectivity index (χ3v) is 8.16. The van der Waals surface area contributed by atoms with Crippen LogP contribution in [0.4, 0.5) is 5.82 Å². The predicted octanol–water partition coefficient (Wildman–Crippen LogP) is 3.36. The van der Waals surface area contributed by atoms with Crippen LogP contribution >= 0.6 is 0 Å². The molecule has 0 aliphatic heterocycles. The molecule has 0 unspecified atom stereocenters. The Bertz CT molecular complexity index is 1510. The largest absolute Gasteiger partial charge is 0.317 e. The van der Waals surface area contributed by atoms with E-state index in [1.165, 1.54) is 10.5 Å². The van der Waals surface area contributed by atoms with Gasteiger partial charge in [-0.3, -0.25) is 9.20 Å². The number of pyridine rings is 2. The third kappa shape index (κ3) is 3.17. The Hall–Kier alpha value is -3.26. The van der Waals surface area contributed by atoms with Crippen molar-refractivity contribution >= 4 is 32.3 Å². The van der Waals surface area contributed by atoms with Gasteiger partial charge in [-0.15, -0.1) is 0 Å². The molecule has 4 aromatic rings. The van der Waals surface area contributed by atoms with Crippen LogP contribution < -0.4 is 15.9 Å². The Morgan fingerprint density at radius 1 is 1.06 bits per heavy atom. The summed E-state index contributed by atoms with van der Waals surface area (Å²) >= 11 is 0. The van der Waals surface area contributed by atoms with E-state index in [4.69, 9.17) is 10.7 Å². The van der Waals surface area contributed by atoms with E-state index in [9.17, 15) is 13.2 Å². The molecule has 7 nitrogen and oxygen atoms in total. The van der Waals surface area contributed by atoms with Crippen LogP contribution in [0.15, 0.2) is 69.3 Å². The Balaban J connectivity index is 1.91. The highest BCUT2D eigenvalue weighted by atomic mass is 32.2. The fourth-order valence-electron chi connectivity index (χ4n) is 4.70. The number of aromatic nitrogens is 3. The number of nitrogens with two attached hydrogens (primary N) is 1. The second-order valence-corrected chi connectivity index (χ2v) is 10.3. The molecule has 0 spiro atoms. The monoisotopic (exact) mass is 449 g/mol. The normalized spacial score (nSPS) is 15.4. The molecule has 1 fully saturated rings. The highest BCUT2D eigenvalue weighted by molar-refractivity contribution is 7.91. The minimum absolute atomic E-state index is 0.00413. The summed E-state index contributed by atoms with van der Waals surface area (Å²) in [6, 6.07) is 13.3. The first kappa shape index (κ1) is 20.6. The van der Waals surface area contributed by atoms with Gasteiger partial charge in [0.1, 0.15) is 10.3 Å². The maximum absolute atomic E-state index is 13.5. The molecule has 3 heterocycles. The van der Waals surface area contributed by atoms with Crippen LogP contribution in [0.2, 0.25) is 0 Å². The van der Waals surface area contributed by atoms with E-state index < -0.39 is 9.84 Å². The maximum Gasteiger partial charge on any atom is 0.278 e. The molecular weight excluding hydrogens is 424 g/mol. The summed E-state index contributed by atoms with van der Waals surface area (Å²) in [5, 5.41) is 0.252. The number of nitrogens with zero attached hydrogens (tertiary/aromatic N) is 3. The topological polar surface area (TPSA) is 98.4 Å². The van der Waals surface area contributed by atoms with Gasteiger partial charge in [-0.25, -0.2) is 13.0 Å². The zero-order chi connectivity index (χ0) is 22.5. The third-order valence-electron chi connectivity index (χ3n) is 6.36. The van der Waals surface area contributed by atoms with E-state index >= 15 is 0 Å². The second-order valence-electron chi connectivity index (χ2n) is 8.41. The van der Waals surface area contributed by atoms with Crippen LogP contribution in [0, 0.1) is 6.92 Å². The molecule has 5 rings (SSSR count). The smallest absolute Gasteiger partial charge is 0.278 e. The lowest BCUT2D eigenvalue weighted by atomic mass is 9.95. The number of sulfone groups is 1. The van der Waals surface area contributed by atoms with Crippen molar-refractivity contribution in [3.8, 4) is 0 Å². The molecule has 0 atom stereocenters.